The lowest BCUT2D eigenvalue weighted by Gasteiger charge is -2.18. The number of nitrogens with two attached hydrogens (primary N) is 1. The van der Waals surface area contributed by atoms with Crippen molar-refractivity contribution in [3.8, 4) is 11.5 Å². The maximum atomic E-state index is 5.90. The van der Waals surface area contributed by atoms with Gasteiger partial charge >= 0.3 is 0 Å². The Morgan fingerprint density at radius 1 is 0.950 bits per heavy atom. The van der Waals surface area contributed by atoms with E-state index < -0.39 is 0 Å². The van der Waals surface area contributed by atoms with Gasteiger partial charge in [-0.2, -0.15) is 0 Å². The monoisotopic (exact) mass is 292 g/mol. The summed E-state index contributed by atoms with van der Waals surface area (Å²) in [6, 6.07) is 13.1. The second kappa shape index (κ2) is 6.61. The summed E-state index contributed by atoms with van der Waals surface area (Å²) in [5, 5.41) is 0.692. The van der Waals surface area contributed by atoms with Crippen LogP contribution in [-0.2, 0) is 0 Å². The molecular weight excluding hydrogens is 276 g/mol. The molecule has 1 unspecified atom stereocenters. The summed E-state index contributed by atoms with van der Waals surface area (Å²) in [7, 11) is 3.21. The Labute approximate surface area is 123 Å². The van der Waals surface area contributed by atoms with Crippen LogP contribution < -0.4 is 20.7 Å². The highest BCUT2D eigenvalue weighted by Gasteiger charge is 2.15. The van der Waals surface area contributed by atoms with Gasteiger partial charge in [-0.15, -0.1) is 0 Å². The molecule has 106 valence electrons. The fourth-order valence-electron chi connectivity index (χ4n) is 2.07. The number of methoxy groups -OCH3 is 2. The number of benzene rings is 2. The van der Waals surface area contributed by atoms with Gasteiger partial charge in [0, 0.05) is 5.02 Å². The Kier molecular flexibility index (Phi) is 4.84. The molecule has 1 atom stereocenters. The van der Waals surface area contributed by atoms with Crippen molar-refractivity contribution in [2.75, 3.05) is 14.2 Å². The third kappa shape index (κ3) is 3.04. The summed E-state index contributed by atoms with van der Waals surface area (Å²) >= 11 is 5.90. The molecule has 5 heteroatoms. The van der Waals surface area contributed by atoms with Crippen LogP contribution in [0.25, 0.3) is 0 Å². The van der Waals surface area contributed by atoms with Crippen LogP contribution in [0.2, 0.25) is 5.02 Å². The Morgan fingerprint density at radius 2 is 1.55 bits per heavy atom. The quantitative estimate of drug-likeness (QED) is 0.657. The van der Waals surface area contributed by atoms with E-state index in [-0.39, 0.29) is 6.04 Å². The molecule has 20 heavy (non-hydrogen) atoms. The number of hydrogen-bond acceptors (Lipinski definition) is 4. The van der Waals surface area contributed by atoms with Crippen LogP contribution in [-0.4, -0.2) is 14.2 Å². The van der Waals surface area contributed by atoms with Crippen molar-refractivity contribution >= 4 is 11.6 Å². The fraction of sp³-hybridized carbons (Fsp3) is 0.200. The van der Waals surface area contributed by atoms with Crippen molar-refractivity contribution in [3.05, 3.63) is 58.6 Å². The number of halogens is 1. The molecule has 2 aromatic carbocycles. The normalized spacial score (nSPS) is 12.0. The molecule has 0 amide bonds. The predicted molar refractivity (Wildman–Crippen MR) is 80.2 cm³/mol. The third-order valence-corrected chi connectivity index (χ3v) is 3.36. The summed E-state index contributed by atoms with van der Waals surface area (Å²) in [5.41, 5.74) is 4.80. The van der Waals surface area contributed by atoms with E-state index in [2.05, 4.69) is 5.43 Å². The first-order valence-corrected chi connectivity index (χ1v) is 6.51. The Morgan fingerprint density at radius 3 is 2.10 bits per heavy atom. The molecule has 0 saturated heterocycles. The molecule has 4 nitrogen and oxygen atoms in total. The molecule has 0 radical (unpaired) electrons. The lowest BCUT2D eigenvalue weighted by molar-refractivity contribution is 0.354. The van der Waals surface area contributed by atoms with Gasteiger partial charge < -0.3 is 9.47 Å². The summed E-state index contributed by atoms with van der Waals surface area (Å²) in [6.45, 7) is 0. The van der Waals surface area contributed by atoms with Crippen LogP contribution in [0.15, 0.2) is 42.5 Å². The Hall–Kier alpha value is -1.75. The van der Waals surface area contributed by atoms with Crippen molar-refractivity contribution in [2.24, 2.45) is 5.84 Å². The van der Waals surface area contributed by atoms with Gasteiger partial charge in [0.2, 0.25) is 0 Å². The number of hydrogen-bond donors (Lipinski definition) is 2. The zero-order valence-corrected chi connectivity index (χ0v) is 12.1. The Balaban J connectivity index is 2.39. The van der Waals surface area contributed by atoms with Crippen LogP contribution in [0.1, 0.15) is 17.2 Å². The van der Waals surface area contributed by atoms with Crippen molar-refractivity contribution < 1.29 is 9.47 Å². The highest BCUT2D eigenvalue weighted by molar-refractivity contribution is 6.30. The van der Waals surface area contributed by atoms with Gasteiger partial charge in [-0.1, -0.05) is 29.8 Å². The second-order valence-electron chi connectivity index (χ2n) is 4.27. The molecule has 0 spiro atoms. The maximum Gasteiger partial charge on any atom is 0.161 e. The van der Waals surface area contributed by atoms with Crippen LogP contribution in [0.5, 0.6) is 11.5 Å². The SMILES string of the molecule is COc1ccc(C(NN)c2ccc(Cl)cc2)cc1OC. The van der Waals surface area contributed by atoms with Crippen LogP contribution in [0.3, 0.4) is 0 Å². The summed E-state index contributed by atoms with van der Waals surface area (Å²) < 4.78 is 10.5. The minimum atomic E-state index is -0.146. The molecule has 2 aromatic rings. The molecule has 3 N–H and O–H groups in total. The summed E-state index contributed by atoms with van der Waals surface area (Å²) in [6.07, 6.45) is 0. The van der Waals surface area contributed by atoms with Gasteiger partial charge in [0.05, 0.1) is 20.3 Å². The lowest BCUT2D eigenvalue weighted by Crippen LogP contribution is -2.28. The predicted octanol–water partition coefficient (Wildman–Crippen LogP) is 2.91. The third-order valence-electron chi connectivity index (χ3n) is 3.11. The van der Waals surface area contributed by atoms with Crippen molar-refractivity contribution in [3.63, 3.8) is 0 Å². The van der Waals surface area contributed by atoms with Gasteiger partial charge in [-0.3, -0.25) is 5.84 Å². The van der Waals surface area contributed by atoms with E-state index >= 15 is 0 Å². The molecule has 2 rings (SSSR count). The van der Waals surface area contributed by atoms with E-state index in [1.165, 1.54) is 0 Å². The number of nitrogens with one attached hydrogen (secondary N) is 1. The molecule has 0 fully saturated rings. The minimum Gasteiger partial charge on any atom is -0.493 e. The molecule has 0 aliphatic carbocycles. The van der Waals surface area contributed by atoms with Crippen molar-refractivity contribution in [1.29, 1.82) is 0 Å². The zero-order valence-electron chi connectivity index (χ0n) is 11.4. The second-order valence-corrected chi connectivity index (χ2v) is 4.70. The topological polar surface area (TPSA) is 56.5 Å². The van der Waals surface area contributed by atoms with E-state index in [0.29, 0.717) is 16.5 Å². The van der Waals surface area contributed by atoms with Gasteiger partial charge in [-0.25, -0.2) is 5.43 Å². The van der Waals surface area contributed by atoms with Crippen molar-refractivity contribution in [2.45, 2.75) is 6.04 Å². The molecule has 0 aliphatic heterocycles. The van der Waals surface area contributed by atoms with Crippen LogP contribution >= 0.6 is 11.6 Å². The van der Waals surface area contributed by atoms with Crippen LogP contribution in [0, 0.1) is 0 Å². The minimum absolute atomic E-state index is 0.146. The fourth-order valence-corrected chi connectivity index (χ4v) is 2.20. The van der Waals surface area contributed by atoms with Gasteiger partial charge in [0.15, 0.2) is 11.5 Å². The molecule has 0 aliphatic rings. The van der Waals surface area contributed by atoms with Crippen LogP contribution in [0.4, 0.5) is 0 Å². The average molecular weight is 293 g/mol. The van der Waals surface area contributed by atoms with E-state index in [9.17, 15) is 0 Å². The van der Waals surface area contributed by atoms with Gasteiger partial charge in [0.1, 0.15) is 0 Å². The number of hydrazine groups is 1. The van der Waals surface area contributed by atoms with E-state index in [1.807, 2.05) is 42.5 Å². The summed E-state index contributed by atoms with van der Waals surface area (Å²) in [4.78, 5) is 0. The molecule has 0 heterocycles. The molecule has 0 aromatic heterocycles. The van der Waals surface area contributed by atoms with Gasteiger partial charge in [-0.05, 0) is 35.4 Å². The highest BCUT2D eigenvalue weighted by atomic mass is 35.5. The lowest BCUT2D eigenvalue weighted by atomic mass is 9.99. The van der Waals surface area contributed by atoms with E-state index in [0.717, 1.165) is 11.1 Å². The first kappa shape index (κ1) is 14.7. The molecular formula is C15H17ClN2O2. The standard InChI is InChI=1S/C15H17ClN2O2/c1-19-13-8-5-11(9-14(13)20-2)15(18-17)10-3-6-12(16)7-4-10/h3-9,15,18H,17H2,1-2H3. The zero-order chi connectivity index (χ0) is 14.5. The van der Waals surface area contributed by atoms with Gasteiger partial charge in [0.25, 0.3) is 0 Å². The first-order chi connectivity index (χ1) is 9.69. The average Bonchev–Trinajstić information content (AvgIpc) is 2.49. The first-order valence-electron chi connectivity index (χ1n) is 6.13. The Bertz CT molecular complexity index is 573. The van der Waals surface area contributed by atoms with E-state index in [1.54, 1.807) is 14.2 Å². The number of rotatable bonds is 5. The summed E-state index contributed by atoms with van der Waals surface area (Å²) in [5.74, 6) is 7.03. The molecule has 0 saturated carbocycles. The molecule has 0 bridgehead atoms. The smallest absolute Gasteiger partial charge is 0.161 e. The largest absolute Gasteiger partial charge is 0.493 e. The maximum absolute atomic E-state index is 5.90. The highest BCUT2D eigenvalue weighted by Crippen LogP contribution is 2.32. The number of ether oxygens (including phenoxy) is 2. The van der Waals surface area contributed by atoms with E-state index in [4.69, 9.17) is 26.9 Å². The van der Waals surface area contributed by atoms with Crippen molar-refractivity contribution in [1.82, 2.24) is 5.43 Å².